The third-order valence-electron chi connectivity index (χ3n) is 5.52. The number of nitrogens with one attached hydrogen (secondary N) is 1. The van der Waals surface area contributed by atoms with Crippen LogP contribution in [0.1, 0.15) is 31.2 Å². The van der Waals surface area contributed by atoms with E-state index in [1.165, 1.54) is 24.8 Å². The van der Waals surface area contributed by atoms with Crippen LogP contribution in [-0.2, 0) is 4.79 Å². The topological polar surface area (TPSA) is 42.0 Å². The van der Waals surface area contributed by atoms with Gasteiger partial charge in [-0.2, -0.15) is 0 Å². The number of hydrogen-bond acceptors (Lipinski definition) is 2. The molecular weight excluding hydrogens is 284 g/mol. The van der Waals surface area contributed by atoms with Gasteiger partial charge < -0.3 is 5.32 Å². The number of carbonyl (C=O) groups is 1. The molecule has 0 radical (unpaired) electrons. The van der Waals surface area contributed by atoms with Crippen molar-refractivity contribution >= 4 is 11.6 Å². The summed E-state index contributed by atoms with van der Waals surface area (Å²) in [4.78, 5) is 17.0. The lowest BCUT2D eigenvalue weighted by atomic mass is 9.88. The number of benzene rings is 1. The Morgan fingerprint density at radius 2 is 2.09 bits per heavy atom. The Bertz CT molecular complexity index is 726. The number of anilines is 1. The zero-order chi connectivity index (χ0) is 15.8. The van der Waals surface area contributed by atoms with Crippen LogP contribution in [0.2, 0.25) is 0 Å². The number of hydrogen-bond donors (Lipinski definition) is 1. The molecule has 0 spiro atoms. The van der Waals surface area contributed by atoms with Crippen molar-refractivity contribution in [2.45, 2.75) is 32.6 Å². The third kappa shape index (κ3) is 2.76. The van der Waals surface area contributed by atoms with Crippen LogP contribution in [-0.4, -0.2) is 10.9 Å². The summed E-state index contributed by atoms with van der Waals surface area (Å²) < 4.78 is 0. The molecule has 2 saturated carbocycles. The summed E-state index contributed by atoms with van der Waals surface area (Å²) in [6, 6.07) is 12.0. The minimum absolute atomic E-state index is 0.202. The molecule has 0 saturated heterocycles. The molecule has 0 aliphatic heterocycles. The van der Waals surface area contributed by atoms with Gasteiger partial charge in [0, 0.05) is 23.4 Å². The number of pyridine rings is 1. The highest BCUT2D eigenvalue weighted by Crippen LogP contribution is 2.48. The molecule has 4 rings (SSSR count). The quantitative estimate of drug-likeness (QED) is 0.911. The number of aromatic nitrogens is 1. The monoisotopic (exact) mass is 306 g/mol. The molecule has 2 aromatic rings. The lowest BCUT2D eigenvalue weighted by molar-refractivity contribution is -0.121. The van der Waals surface area contributed by atoms with Gasteiger partial charge in [0.25, 0.3) is 0 Å². The first-order valence-corrected chi connectivity index (χ1v) is 8.53. The lowest BCUT2D eigenvalue weighted by Gasteiger charge is -2.21. The molecular formula is C20H22N2O. The first-order chi connectivity index (χ1) is 11.2. The smallest absolute Gasteiger partial charge is 0.227 e. The molecule has 1 aromatic carbocycles. The van der Waals surface area contributed by atoms with E-state index < -0.39 is 0 Å². The van der Waals surface area contributed by atoms with Crippen LogP contribution in [0.15, 0.2) is 42.6 Å². The van der Waals surface area contributed by atoms with E-state index in [-0.39, 0.29) is 11.8 Å². The van der Waals surface area contributed by atoms with Gasteiger partial charge in [-0.1, -0.05) is 18.6 Å². The highest BCUT2D eigenvalue weighted by molar-refractivity contribution is 5.93. The molecule has 118 valence electrons. The second-order valence-electron chi connectivity index (χ2n) is 7.02. The number of nitrogens with zero attached hydrogens (tertiary/aromatic N) is 1. The summed E-state index contributed by atoms with van der Waals surface area (Å²) in [5.74, 6) is 1.82. The molecule has 1 heterocycles. The minimum Gasteiger partial charge on any atom is -0.326 e. The summed E-state index contributed by atoms with van der Waals surface area (Å²) >= 11 is 0. The van der Waals surface area contributed by atoms with Gasteiger partial charge in [0.05, 0.1) is 5.69 Å². The Morgan fingerprint density at radius 3 is 2.78 bits per heavy atom. The molecule has 2 fully saturated rings. The van der Waals surface area contributed by atoms with Crippen LogP contribution >= 0.6 is 0 Å². The molecule has 1 N–H and O–H groups in total. The average Bonchev–Trinajstić information content (AvgIpc) is 3.20. The first-order valence-electron chi connectivity index (χ1n) is 8.53. The molecule has 1 aromatic heterocycles. The number of rotatable bonds is 3. The van der Waals surface area contributed by atoms with E-state index in [9.17, 15) is 4.79 Å². The normalized spacial score (nSPS) is 25.5. The summed E-state index contributed by atoms with van der Waals surface area (Å²) in [7, 11) is 0. The van der Waals surface area contributed by atoms with Gasteiger partial charge in [-0.25, -0.2) is 0 Å². The second-order valence-corrected chi connectivity index (χ2v) is 7.02. The van der Waals surface area contributed by atoms with Crippen molar-refractivity contribution in [1.29, 1.82) is 0 Å². The maximum absolute atomic E-state index is 12.6. The van der Waals surface area contributed by atoms with Gasteiger partial charge in [-0.05, 0) is 67.9 Å². The van der Waals surface area contributed by atoms with Crippen molar-refractivity contribution < 1.29 is 4.79 Å². The van der Waals surface area contributed by atoms with E-state index in [2.05, 4.69) is 23.3 Å². The number of carbonyl (C=O) groups excluding carboxylic acids is 1. The number of aryl methyl sites for hydroxylation is 1. The summed E-state index contributed by atoms with van der Waals surface area (Å²) in [6.45, 7) is 2.07. The Morgan fingerprint density at radius 1 is 1.17 bits per heavy atom. The Balaban J connectivity index is 1.54. The molecule has 2 bridgehead atoms. The van der Waals surface area contributed by atoms with Crippen LogP contribution in [0.4, 0.5) is 5.69 Å². The molecule has 1 amide bonds. The SMILES string of the molecule is Cc1ccc(NC(=O)[C@H]2C[C@H]3CC[C@@H]2C3)cc1-c1ccccn1. The maximum atomic E-state index is 12.6. The zero-order valence-electron chi connectivity index (χ0n) is 13.5. The molecule has 3 atom stereocenters. The third-order valence-corrected chi connectivity index (χ3v) is 5.52. The molecule has 3 nitrogen and oxygen atoms in total. The summed E-state index contributed by atoms with van der Waals surface area (Å²) in [5.41, 5.74) is 4.07. The van der Waals surface area contributed by atoms with Crippen molar-refractivity contribution in [3.63, 3.8) is 0 Å². The molecule has 2 aliphatic rings. The fraction of sp³-hybridized carbons (Fsp3) is 0.400. The van der Waals surface area contributed by atoms with Crippen molar-refractivity contribution in [2.75, 3.05) is 5.32 Å². The van der Waals surface area contributed by atoms with Crippen LogP contribution in [0.3, 0.4) is 0 Å². The van der Waals surface area contributed by atoms with Gasteiger partial charge in [0.2, 0.25) is 5.91 Å². The highest BCUT2D eigenvalue weighted by Gasteiger charge is 2.42. The average molecular weight is 306 g/mol. The fourth-order valence-electron chi connectivity index (χ4n) is 4.30. The van der Waals surface area contributed by atoms with E-state index in [1.54, 1.807) is 6.20 Å². The van der Waals surface area contributed by atoms with Gasteiger partial charge >= 0.3 is 0 Å². The van der Waals surface area contributed by atoms with Crippen molar-refractivity contribution in [3.05, 3.63) is 48.2 Å². The van der Waals surface area contributed by atoms with E-state index in [0.29, 0.717) is 5.92 Å². The standard InChI is InChI=1S/C20H22N2O/c1-13-5-8-16(12-17(13)19-4-2-3-9-21-19)22-20(23)18-11-14-6-7-15(18)10-14/h2-5,8-9,12,14-15,18H,6-7,10-11H2,1H3,(H,22,23)/t14-,15+,18-/m0/s1. The molecule has 2 aliphatic carbocycles. The Labute approximate surface area is 137 Å². The van der Waals surface area contributed by atoms with Gasteiger partial charge in [-0.3, -0.25) is 9.78 Å². The Hall–Kier alpha value is -2.16. The predicted molar refractivity (Wildman–Crippen MR) is 92.0 cm³/mol. The van der Waals surface area contributed by atoms with Gasteiger partial charge in [0.15, 0.2) is 0 Å². The Kier molecular flexibility index (Phi) is 3.64. The zero-order valence-corrected chi connectivity index (χ0v) is 13.5. The van der Waals surface area contributed by atoms with Crippen LogP contribution in [0.5, 0.6) is 0 Å². The van der Waals surface area contributed by atoms with Crippen molar-refractivity contribution in [1.82, 2.24) is 4.98 Å². The van der Waals surface area contributed by atoms with E-state index in [0.717, 1.165) is 29.3 Å². The van der Waals surface area contributed by atoms with Gasteiger partial charge in [-0.15, -0.1) is 0 Å². The first kappa shape index (κ1) is 14.4. The minimum atomic E-state index is 0.202. The van der Waals surface area contributed by atoms with Crippen molar-refractivity contribution in [2.24, 2.45) is 17.8 Å². The number of amides is 1. The highest BCUT2D eigenvalue weighted by atomic mass is 16.1. The van der Waals surface area contributed by atoms with Crippen molar-refractivity contribution in [3.8, 4) is 11.3 Å². The fourth-order valence-corrected chi connectivity index (χ4v) is 4.30. The largest absolute Gasteiger partial charge is 0.326 e. The number of fused-ring (bicyclic) bond motifs is 2. The second kappa shape index (κ2) is 5.80. The van der Waals surface area contributed by atoms with E-state index in [4.69, 9.17) is 0 Å². The predicted octanol–water partition coefficient (Wildman–Crippen LogP) is 4.43. The molecule has 3 heteroatoms. The van der Waals surface area contributed by atoms with Gasteiger partial charge in [0.1, 0.15) is 0 Å². The maximum Gasteiger partial charge on any atom is 0.227 e. The van der Waals surface area contributed by atoms with Crippen LogP contribution < -0.4 is 5.32 Å². The van der Waals surface area contributed by atoms with Crippen LogP contribution in [0, 0.1) is 24.7 Å². The molecule has 0 unspecified atom stereocenters. The summed E-state index contributed by atoms with van der Waals surface area (Å²) in [5, 5.41) is 3.14. The van der Waals surface area contributed by atoms with Crippen LogP contribution in [0.25, 0.3) is 11.3 Å². The lowest BCUT2D eigenvalue weighted by Crippen LogP contribution is -2.27. The van der Waals surface area contributed by atoms with E-state index in [1.807, 2.05) is 30.3 Å². The van der Waals surface area contributed by atoms with E-state index >= 15 is 0 Å². The molecule has 23 heavy (non-hydrogen) atoms. The summed E-state index contributed by atoms with van der Waals surface area (Å²) in [6.07, 6.45) is 6.69.